The summed E-state index contributed by atoms with van der Waals surface area (Å²) in [5.41, 5.74) is 1.13. The van der Waals surface area contributed by atoms with Crippen molar-refractivity contribution in [2.75, 3.05) is 26.8 Å². The maximum atomic E-state index is 6.08. The molecule has 0 aliphatic carbocycles. The summed E-state index contributed by atoms with van der Waals surface area (Å²) in [7, 11) is 1.71. The molecule has 1 atom stereocenters. The van der Waals surface area contributed by atoms with Crippen LogP contribution in [0, 0.1) is 5.92 Å². The average Bonchev–Trinajstić information content (AvgIpc) is 2.46. The van der Waals surface area contributed by atoms with Gasteiger partial charge in [-0.1, -0.05) is 39.0 Å². The molecule has 1 aromatic rings. The van der Waals surface area contributed by atoms with Gasteiger partial charge in [0.1, 0.15) is 5.75 Å². The summed E-state index contributed by atoms with van der Waals surface area (Å²) in [6, 6.07) is 8.11. The van der Waals surface area contributed by atoms with Crippen LogP contribution in [0.1, 0.15) is 45.3 Å². The molecule has 1 unspecified atom stereocenters. The zero-order chi connectivity index (χ0) is 14.8. The highest BCUT2D eigenvalue weighted by atomic mass is 16.5. The molecule has 1 aromatic carbocycles. The summed E-state index contributed by atoms with van der Waals surface area (Å²) >= 11 is 0. The van der Waals surface area contributed by atoms with E-state index in [2.05, 4.69) is 32.2 Å². The second-order valence-electron chi connectivity index (χ2n) is 5.45. The predicted octanol–water partition coefficient (Wildman–Crippen LogP) is 3.80. The van der Waals surface area contributed by atoms with Crippen molar-refractivity contribution < 1.29 is 9.47 Å². The molecule has 3 nitrogen and oxygen atoms in total. The molecule has 20 heavy (non-hydrogen) atoms. The van der Waals surface area contributed by atoms with Gasteiger partial charge in [-0.05, 0) is 31.4 Å². The summed E-state index contributed by atoms with van der Waals surface area (Å²) in [5.74, 6) is 1.64. The molecule has 3 heteroatoms. The summed E-state index contributed by atoms with van der Waals surface area (Å²) in [5, 5.41) is 3.37. The van der Waals surface area contributed by atoms with Crippen molar-refractivity contribution in [3.05, 3.63) is 29.8 Å². The maximum Gasteiger partial charge on any atom is 0.124 e. The van der Waals surface area contributed by atoms with Gasteiger partial charge in [0.25, 0.3) is 0 Å². The molecule has 114 valence electrons. The molecule has 0 radical (unpaired) electrons. The van der Waals surface area contributed by atoms with E-state index >= 15 is 0 Å². The van der Waals surface area contributed by atoms with Crippen LogP contribution in [0.15, 0.2) is 24.3 Å². The first kappa shape index (κ1) is 17.0. The van der Waals surface area contributed by atoms with Gasteiger partial charge in [0.05, 0.1) is 13.2 Å². The topological polar surface area (TPSA) is 30.5 Å². The van der Waals surface area contributed by atoms with Crippen LogP contribution in [0.4, 0.5) is 0 Å². The second kappa shape index (κ2) is 9.78. The first-order chi connectivity index (χ1) is 9.69. The number of nitrogens with one attached hydrogen (secondary N) is 1. The van der Waals surface area contributed by atoms with E-state index in [1.165, 1.54) is 6.42 Å². The van der Waals surface area contributed by atoms with Crippen LogP contribution < -0.4 is 10.1 Å². The fourth-order valence-electron chi connectivity index (χ4n) is 2.18. The largest absolute Gasteiger partial charge is 0.496 e. The van der Waals surface area contributed by atoms with Crippen molar-refractivity contribution in [2.45, 2.75) is 39.7 Å². The molecule has 1 rings (SSSR count). The number of methoxy groups -OCH3 is 1. The van der Waals surface area contributed by atoms with E-state index in [1.54, 1.807) is 7.11 Å². The lowest BCUT2D eigenvalue weighted by molar-refractivity contribution is 0.0474. The van der Waals surface area contributed by atoms with Crippen molar-refractivity contribution in [3.8, 4) is 5.75 Å². The average molecular weight is 279 g/mol. The Bertz CT molecular complexity index is 366. The lowest BCUT2D eigenvalue weighted by Gasteiger charge is -2.21. The molecular weight excluding hydrogens is 250 g/mol. The van der Waals surface area contributed by atoms with Gasteiger partial charge in [-0.3, -0.25) is 0 Å². The second-order valence-corrected chi connectivity index (χ2v) is 5.45. The van der Waals surface area contributed by atoms with E-state index in [1.807, 2.05) is 18.2 Å². The van der Waals surface area contributed by atoms with E-state index in [9.17, 15) is 0 Å². The number of hydrogen-bond acceptors (Lipinski definition) is 3. The first-order valence-electron chi connectivity index (χ1n) is 7.64. The van der Waals surface area contributed by atoms with Crippen molar-refractivity contribution in [1.82, 2.24) is 5.32 Å². The van der Waals surface area contributed by atoms with E-state index in [-0.39, 0.29) is 6.10 Å². The Kier molecular flexibility index (Phi) is 8.31. The van der Waals surface area contributed by atoms with Gasteiger partial charge in [0.15, 0.2) is 0 Å². The Morgan fingerprint density at radius 3 is 2.60 bits per heavy atom. The minimum atomic E-state index is 0.0539. The minimum Gasteiger partial charge on any atom is -0.496 e. The van der Waals surface area contributed by atoms with Crippen LogP contribution in [0.3, 0.4) is 0 Å². The Morgan fingerprint density at radius 2 is 1.95 bits per heavy atom. The Labute approximate surface area is 123 Å². The molecular formula is C17H29NO2. The Morgan fingerprint density at radius 1 is 1.20 bits per heavy atom. The first-order valence-corrected chi connectivity index (χ1v) is 7.64. The molecule has 0 heterocycles. The molecule has 0 saturated carbocycles. The number of hydrogen-bond donors (Lipinski definition) is 1. The number of ether oxygens (including phenoxy) is 2. The summed E-state index contributed by atoms with van der Waals surface area (Å²) in [6.45, 7) is 9.16. The fourth-order valence-corrected chi connectivity index (χ4v) is 2.18. The van der Waals surface area contributed by atoms with Crippen molar-refractivity contribution in [2.24, 2.45) is 5.92 Å². The van der Waals surface area contributed by atoms with Crippen LogP contribution in [-0.2, 0) is 4.74 Å². The van der Waals surface area contributed by atoms with Crippen LogP contribution in [-0.4, -0.2) is 26.8 Å². The summed E-state index contributed by atoms with van der Waals surface area (Å²) in [6.07, 6.45) is 2.37. The molecule has 0 aromatic heterocycles. The molecule has 0 bridgehead atoms. The van der Waals surface area contributed by atoms with Gasteiger partial charge in [0.2, 0.25) is 0 Å². The van der Waals surface area contributed by atoms with Crippen molar-refractivity contribution >= 4 is 0 Å². The smallest absolute Gasteiger partial charge is 0.124 e. The SMILES string of the molecule is CCNCC(OCCCC(C)C)c1ccccc1OC. The Balaban J connectivity index is 2.62. The molecule has 1 N–H and O–H groups in total. The number of rotatable bonds is 10. The maximum absolute atomic E-state index is 6.08. The molecule has 0 amide bonds. The van der Waals surface area contributed by atoms with E-state index in [0.29, 0.717) is 0 Å². The highest BCUT2D eigenvalue weighted by Gasteiger charge is 2.15. The lowest BCUT2D eigenvalue weighted by atomic mass is 10.1. The molecule has 0 spiro atoms. The summed E-state index contributed by atoms with van der Waals surface area (Å²) < 4.78 is 11.5. The number of likely N-dealkylation sites (N-methyl/N-ethyl adjacent to an activating group) is 1. The monoisotopic (exact) mass is 279 g/mol. The van der Waals surface area contributed by atoms with Crippen molar-refractivity contribution in [1.29, 1.82) is 0 Å². The fraction of sp³-hybridized carbons (Fsp3) is 0.647. The van der Waals surface area contributed by atoms with E-state index in [0.717, 1.165) is 43.3 Å². The van der Waals surface area contributed by atoms with Gasteiger partial charge in [0, 0.05) is 18.7 Å². The molecule has 0 fully saturated rings. The lowest BCUT2D eigenvalue weighted by Crippen LogP contribution is -2.24. The molecule has 0 aliphatic rings. The number of para-hydroxylation sites is 1. The highest BCUT2D eigenvalue weighted by Crippen LogP contribution is 2.27. The molecule has 0 aliphatic heterocycles. The van der Waals surface area contributed by atoms with Crippen LogP contribution >= 0.6 is 0 Å². The van der Waals surface area contributed by atoms with Gasteiger partial charge in [-0.15, -0.1) is 0 Å². The van der Waals surface area contributed by atoms with Crippen LogP contribution in [0.2, 0.25) is 0 Å². The third-order valence-corrected chi connectivity index (χ3v) is 3.31. The van der Waals surface area contributed by atoms with Gasteiger partial charge < -0.3 is 14.8 Å². The zero-order valence-corrected chi connectivity index (χ0v) is 13.3. The zero-order valence-electron chi connectivity index (χ0n) is 13.3. The quantitative estimate of drug-likeness (QED) is 0.661. The predicted molar refractivity (Wildman–Crippen MR) is 84.3 cm³/mol. The van der Waals surface area contributed by atoms with E-state index < -0.39 is 0 Å². The van der Waals surface area contributed by atoms with Crippen molar-refractivity contribution in [3.63, 3.8) is 0 Å². The standard InChI is InChI=1S/C17H29NO2/c1-5-18-13-17(20-12-8-9-14(2)3)15-10-6-7-11-16(15)19-4/h6-7,10-11,14,17-18H,5,8-9,12-13H2,1-4H3. The third-order valence-electron chi connectivity index (χ3n) is 3.31. The van der Waals surface area contributed by atoms with Gasteiger partial charge in [-0.2, -0.15) is 0 Å². The van der Waals surface area contributed by atoms with Gasteiger partial charge >= 0.3 is 0 Å². The van der Waals surface area contributed by atoms with E-state index in [4.69, 9.17) is 9.47 Å². The highest BCUT2D eigenvalue weighted by molar-refractivity contribution is 5.35. The number of benzene rings is 1. The summed E-state index contributed by atoms with van der Waals surface area (Å²) in [4.78, 5) is 0. The normalized spacial score (nSPS) is 12.7. The molecule has 0 saturated heterocycles. The third kappa shape index (κ3) is 5.93. The van der Waals surface area contributed by atoms with Crippen LogP contribution in [0.25, 0.3) is 0 Å². The Hall–Kier alpha value is -1.06. The van der Waals surface area contributed by atoms with Gasteiger partial charge in [-0.25, -0.2) is 0 Å². The minimum absolute atomic E-state index is 0.0539. The van der Waals surface area contributed by atoms with Crippen LogP contribution in [0.5, 0.6) is 5.75 Å².